The fraction of sp³-hybridized carbons (Fsp3) is 0.720. The fourth-order valence-electron chi connectivity index (χ4n) is 2.74. The van der Waals surface area contributed by atoms with Gasteiger partial charge in [0.25, 0.3) is 0 Å². The Morgan fingerprint density at radius 2 is 1.39 bits per heavy atom. The first-order valence-corrected chi connectivity index (χ1v) is 11.6. The van der Waals surface area contributed by atoms with Crippen molar-refractivity contribution in [1.82, 2.24) is 4.90 Å². The van der Waals surface area contributed by atoms with Gasteiger partial charge in [0, 0.05) is 0 Å². The first-order chi connectivity index (χ1) is 13.7. The van der Waals surface area contributed by atoms with Crippen LogP contribution in [0.2, 0.25) is 0 Å². The summed E-state index contributed by atoms with van der Waals surface area (Å²) < 4.78 is 4.99. The molecule has 0 radical (unpaired) electrons. The lowest BCUT2D eigenvalue weighted by molar-refractivity contribution is 0.0526. The van der Waals surface area contributed by atoms with E-state index in [9.17, 15) is 4.79 Å². The first kappa shape index (κ1) is 31.3. The third-order valence-corrected chi connectivity index (χ3v) is 4.14. The van der Waals surface area contributed by atoms with E-state index in [1.54, 1.807) is 0 Å². The highest BCUT2D eigenvalue weighted by molar-refractivity contribution is 5.89. The number of esters is 1. The van der Waals surface area contributed by atoms with Crippen molar-refractivity contribution in [3.05, 3.63) is 35.4 Å². The number of hydrogen-bond acceptors (Lipinski definition) is 3. The van der Waals surface area contributed by atoms with Crippen molar-refractivity contribution in [2.75, 3.05) is 26.7 Å². The van der Waals surface area contributed by atoms with Crippen LogP contribution in [-0.4, -0.2) is 37.6 Å². The Hall–Kier alpha value is -1.35. The van der Waals surface area contributed by atoms with E-state index in [2.05, 4.69) is 24.1 Å². The van der Waals surface area contributed by atoms with Crippen molar-refractivity contribution >= 4 is 5.97 Å². The Kier molecular flexibility index (Phi) is 26.5. The highest BCUT2D eigenvalue weighted by atomic mass is 16.5. The molecule has 0 saturated carbocycles. The van der Waals surface area contributed by atoms with Gasteiger partial charge in [-0.1, -0.05) is 67.5 Å². The summed E-state index contributed by atoms with van der Waals surface area (Å²) >= 11 is 0. The summed E-state index contributed by atoms with van der Waals surface area (Å²) in [5.74, 6) is 0.630. The predicted octanol–water partition coefficient (Wildman–Crippen LogP) is 7.24. The number of piperidine rings is 1. The van der Waals surface area contributed by atoms with E-state index in [4.69, 9.17) is 4.74 Å². The lowest BCUT2D eigenvalue weighted by atomic mass is 9.90. The molecule has 1 aromatic carbocycles. The minimum Gasteiger partial charge on any atom is -0.462 e. The van der Waals surface area contributed by atoms with E-state index in [0.29, 0.717) is 12.2 Å². The molecule has 0 amide bonds. The van der Waals surface area contributed by atoms with E-state index in [1.807, 2.05) is 74.4 Å². The van der Waals surface area contributed by atoms with Crippen LogP contribution in [0.25, 0.3) is 0 Å². The molecule has 1 aliphatic rings. The minimum absolute atomic E-state index is 0.227. The standard InChI is InChI=1S/C17H25NO2.4C2H6/c1-3-20-17(19)16-8-6-14(7-9-16)4-5-15-10-12-18(2)13-11-15;4*1-2/h6-9,15H,3-5,10-13H2,1-2H3;4*1-2H3. The maximum Gasteiger partial charge on any atom is 0.338 e. The topological polar surface area (TPSA) is 29.5 Å². The molecule has 28 heavy (non-hydrogen) atoms. The van der Waals surface area contributed by atoms with Gasteiger partial charge >= 0.3 is 5.97 Å². The van der Waals surface area contributed by atoms with Crippen LogP contribution in [-0.2, 0) is 11.2 Å². The molecule has 0 aliphatic carbocycles. The molecule has 0 spiro atoms. The first-order valence-electron chi connectivity index (χ1n) is 11.6. The van der Waals surface area contributed by atoms with E-state index < -0.39 is 0 Å². The maximum absolute atomic E-state index is 11.6. The van der Waals surface area contributed by atoms with Gasteiger partial charge in [0.05, 0.1) is 12.2 Å². The van der Waals surface area contributed by atoms with Crippen LogP contribution in [0.3, 0.4) is 0 Å². The van der Waals surface area contributed by atoms with Gasteiger partial charge in [0.15, 0.2) is 0 Å². The van der Waals surface area contributed by atoms with Crippen molar-refractivity contribution in [3.8, 4) is 0 Å². The van der Waals surface area contributed by atoms with Crippen LogP contribution in [0.1, 0.15) is 97.5 Å². The van der Waals surface area contributed by atoms with E-state index in [-0.39, 0.29) is 5.97 Å². The summed E-state index contributed by atoms with van der Waals surface area (Å²) in [5.41, 5.74) is 1.96. The second-order valence-corrected chi connectivity index (χ2v) is 5.70. The van der Waals surface area contributed by atoms with Crippen molar-refractivity contribution in [2.24, 2.45) is 5.92 Å². The van der Waals surface area contributed by atoms with E-state index in [0.717, 1.165) is 12.3 Å². The summed E-state index contributed by atoms with van der Waals surface area (Å²) in [6, 6.07) is 7.87. The van der Waals surface area contributed by atoms with Crippen molar-refractivity contribution in [2.45, 2.75) is 88.0 Å². The summed E-state index contributed by atoms with van der Waals surface area (Å²) in [6.45, 7) is 20.7. The van der Waals surface area contributed by atoms with Gasteiger partial charge in [-0.25, -0.2) is 4.79 Å². The molecule has 0 N–H and O–H groups in total. The molecule has 0 bridgehead atoms. The van der Waals surface area contributed by atoms with Crippen LogP contribution in [0, 0.1) is 5.92 Å². The molecule has 0 atom stereocenters. The van der Waals surface area contributed by atoms with E-state index >= 15 is 0 Å². The molecule has 3 heteroatoms. The van der Waals surface area contributed by atoms with Gasteiger partial charge in [-0.15, -0.1) is 0 Å². The smallest absolute Gasteiger partial charge is 0.338 e. The number of rotatable bonds is 5. The molecular formula is C25H49NO2. The highest BCUT2D eigenvalue weighted by Gasteiger charge is 2.16. The normalized spacial score (nSPS) is 13.1. The Morgan fingerprint density at radius 1 is 0.929 bits per heavy atom. The predicted molar refractivity (Wildman–Crippen MR) is 126 cm³/mol. The third-order valence-electron chi connectivity index (χ3n) is 4.14. The van der Waals surface area contributed by atoms with Crippen LogP contribution >= 0.6 is 0 Å². The van der Waals surface area contributed by atoms with Gasteiger partial charge < -0.3 is 9.64 Å². The number of carbonyl (C=O) groups excluding carboxylic acids is 1. The van der Waals surface area contributed by atoms with Gasteiger partial charge in [-0.05, 0) is 76.4 Å². The average molecular weight is 396 g/mol. The number of likely N-dealkylation sites (tertiary alicyclic amines) is 1. The minimum atomic E-state index is -0.227. The molecule has 2 rings (SSSR count). The number of aryl methyl sites for hydroxylation is 1. The fourth-order valence-corrected chi connectivity index (χ4v) is 2.74. The quantitative estimate of drug-likeness (QED) is 0.492. The monoisotopic (exact) mass is 395 g/mol. The van der Waals surface area contributed by atoms with Crippen LogP contribution < -0.4 is 0 Å². The summed E-state index contributed by atoms with van der Waals surface area (Å²) in [4.78, 5) is 14.0. The number of hydrogen-bond donors (Lipinski definition) is 0. The molecule has 1 heterocycles. The Morgan fingerprint density at radius 3 is 1.82 bits per heavy atom. The third kappa shape index (κ3) is 14.7. The molecule has 1 aromatic rings. The van der Waals surface area contributed by atoms with Crippen molar-refractivity contribution < 1.29 is 9.53 Å². The van der Waals surface area contributed by atoms with Crippen molar-refractivity contribution in [3.63, 3.8) is 0 Å². The van der Waals surface area contributed by atoms with E-state index in [1.165, 1.54) is 37.9 Å². The number of carbonyl (C=O) groups is 1. The second-order valence-electron chi connectivity index (χ2n) is 5.70. The molecule has 0 aromatic heterocycles. The molecule has 1 saturated heterocycles. The lowest BCUT2D eigenvalue weighted by Gasteiger charge is -2.28. The van der Waals surface area contributed by atoms with Gasteiger partial charge in [0.2, 0.25) is 0 Å². The summed E-state index contributed by atoms with van der Waals surface area (Å²) in [6.07, 6.45) is 5.00. The van der Waals surface area contributed by atoms with Crippen LogP contribution in [0.4, 0.5) is 0 Å². The SMILES string of the molecule is CC.CC.CC.CC.CCOC(=O)c1ccc(CCC2CCN(C)CC2)cc1. The summed E-state index contributed by atoms with van der Waals surface area (Å²) in [7, 11) is 2.20. The molecule has 1 aliphatic heterocycles. The molecule has 1 fully saturated rings. The molecular weight excluding hydrogens is 346 g/mol. The van der Waals surface area contributed by atoms with Crippen LogP contribution in [0.5, 0.6) is 0 Å². The summed E-state index contributed by atoms with van der Waals surface area (Å²) in [5, 5.41) is 0. The average Bonchev–Trinajstić information content (AvgIpc) is 2.79. The molecule has 0 unspecified atom stereocenters. The Balaban J connectivity index is -0.000000695. The zero-order valence-corrected chi connectivity index (χ0v) is 20.6. The Bertz CT molecular complexity index is 421. The number of nitrogens with zero attached hydrogens (tertiary/aromatic N) is 1. The number of benzene rings is 1. The zero-order chi connectivity index (χ0) is 22.4. The second kappa shape index (κ2) is 23.7. The lowest BCUT2D eigenvalue weighted by Crippen LogP contribution is -2.30. The maximum atomic E-state index is 11.6. The highest BCUT2D eigenvalue weighted by Crippen LogP contribution is 2.21. The van der Waals surface area contributed by atoms with Gasteiger partial charge in [-0.3, -0.25) is 0 Å². The zero-order valence-electron chi connectivity index (χ0n) is 20.6. The van der Waals surface area contributed by atoms with Crippen molar-refractivity contribution in [1.29, 1.82) is 0 Å². The number of ether oxygens (including phenoxy) is 1. The van der Waals surface area contributed by atoms with Crippen LogP contribution in [0.15, 0.2) is 24.3 Å². The van der Waals surface area contributed by atoms with Gasteiger partial charge in [0.1, 0.15) is 0 Å². The molecule has 3 nitrogen and oxygen atoms in total. The molecule has 166 valence electrons. The largest absolute Gasteiger partial charge is 0.462 e. The van der Waals surface area contributed by atoms with Gasteiger partial charge in [-0.2, -0.15) is 0 Å². The Labute approximate surface area is 176 Å².